The van der Waals surface area contributed by atoms with Gasteiger partial charge in [-0.1, -0.05) is 26.0 Å². The lowest BCUT2D eigenvalue weighted by Gasteiger charge is -2.23. The Morgan fingerprint density at radius 3 is 2.40 bits per heavy atom. The van der Waals surface area contributed by atoms with Crippen LogP contribution in [0.25, 0.3) is 0 Å². The number of halogens is 1. The highest BCUT2D eigenvalue weighted by Gasteiger charge is 2.19. The Hall–Kier alpha value is -0.890. The van der Waals surface area contributed by atoms with E-state index in [2.05, 4.69) is 13.8 Å². The fraction of sp³-hybridized carbons (Fsp3) is 0.538. The SMILES string of the molecule is CC(C)C(Cc1cccc(F)c1)C(C)O. The normalized spacial score (nSPS) is 15.3. The number of hydrogen-bond acceptors (Lipinski definition) is 1. The lowest BCUT2D eigenvalue weighted by Crippen LogP contribution is -2.24. The molecule has 1 aromatic carbocycles. The van der Waals surface area contributed by atoms with Crippen LogP contribution in [0.15, 0.2) is 24.3 Å². The van der Waals surface area contributed by atoms with Gasteiger partial charge in [0.05, 0.1) is 6.10 Å². The smallest absolute Gasteiger partial charge is 0.123 e. The summed E-state index contributed by atoms with van der Waals surface area (Å²) in [6, 6.07) is 6.60. The van der Waals surface area contributed by atoms with Crippen LogP contribution in [0.5, 0.6) is 0 Å². The molecular weight excluding hydrogens is 191 g/mol. The molecule has 0 heterocycles. The van der Waals surface area contributed by atoms with Gasteiger partial charge in [0.15, 0.2) is 0 Å². The summed E-state index contributed by atoms with van der Waals surface area (Å²) in [5.41, 5.74) is 0.953. The molecule has 1 nitrogen and oxygen atoms in total. The van der Waals surface area contributed by atoms with Gasteiger partial charge in [-0.3, -0.25) is 0 Å². The van der Waals surface area contributed by atoms with E-state index in [-0.39, 0.29) is 17.8 Å². The third-order valence-electron chi connectivity index (χ3n) is 2.84. The Kier molecular flexibility index (Phi) is 4.28. The molecule has 1 rings (SSSR count). The highest BCUT2D eigenvalue weighted by molar-refractivity contribution is 5.17. The average molecular weight is 210 g/mol. The number of hydrogen-bond donors (Lipinski definition) is 1. The van der Waals surface area contributed by atoms with E-state index < -0.39 is 0 Å². The van der Waals surface area contributed by atoms with E-state index in [0.717, 1.165) is 12.0 Å². The van der Waals surface area contributed by atoms with Crippen molar-refractivity contribution >= 4 is 0 Å². The quantitative estimate of drug-likeness (QED) is 0.810. The molecule has 0 aliphatic rings. The summed E-state index contributed by atoms with van der Waals surface area (Å²) in [5.74, 6) is 0.376. The maximum Gasteiger partial charge on any atom is 0.123 e. The van der Waals surface area contributed by atoms with Crippen molar-refractivity contribution in [2.75, 3.05) is 0 Å². The topological polar surface area (TPSA) is 20.2 Å². The zero-order valence-electron chi connectivity index (χ0n) is 9.57. The molecule has 0 bridgehead atoms. The summed E-state index contributed by atoms with van der Waals surface area (Å²) in [4.78, 5) is 0. The first kappa shape index (κ1) is 12.2. The minimum atomic E-state index is -0.353. The van der Waals surface area contributed by atoms with Gasteiger partial charge < -0.3 is 5.11 Å². The summed E-state index contributed by atoms with van der Waals surface area (Å²) in [7, 11) is 0. The van der Waals surface area contributed by atoms with Crippen molar-refractivity contribution in [3.63, 3.8) is 0 Å². The van der Waals surface area contributed by atoms with Crippen LogP contribution in [-0.4, -0.2) is 11.2 Å². The van der Waals surface area contributed by atoms with E-state index >= 15 is 0 Å². The summed E-state index contributed by atoms with van der Waals surface area (Å²) in [6.45, 7) is 5.96. The van der Waals surface area contributed by atoms with Crippen LogP contribution in [0.2, 0.25) is 0 Å². The van der Waals surface area contributed by atoms with E-state index in [9.17, 15) is 9.50 Å². The lowest BCUT2D eigenvalue weighted by molar-refractivity contribution is 0.0976. The molecule has 0 spiro atoms. The van der Waals surface area contributed by atoms with Crippen molar-refractivity contribution in [1.82, 2.24) is 0 Å². The van der Waals surface area contributed by atoms with Crippen molar-refractivity contribution < 1.29 is 9.50 Å². The summed E-state index contributed by atoms with van der Waals surface area (Å²) >= 11 is 0. The van der Waals surface area contributed by atoms with Gasteiger partial charge in [-0.05, 0) is 42.9 Å². The predicted octanol–water partition coefficient (Wildman–Crippen LogP) is 3.02. The number of benzene rings is 1. The Morgan fingerprint density at radius 2 is 1.93 bits per heavy atom. The Bertz CT molecular complexity index is 299. The second kappa shape index (κ2) is 5.26. The van der Waals surface area contributed by atoms with Gasteiger partial charge in [-0.25, -0.2) is 4.39 Å². The van der Waals surface area contributed by atoms with E-state index in [1.54, 1.807) is 13.0 Å². The fourth-order valence-electron chi connectivity index (χ4n) is 1.90. The van der Waals surface area contributed by atoms with Gasteiger partial charge >= 0.3 is 0 Å². The van der Waals surface area contributed by atoms with Crippen LogP contribution in [0, 0.1) is 17.7 Å². The molecular formula is C13H19FO. The first-order valence-corrected chi connectivity index (χ1v) is 5.43. The second-order valence-electron chi connectivity index (χ2n) is 4.48. The Balaban J connectivity index is 2.74. The third-order valence-corrected chi connectivity index (χ3v) is 2.84. The summed E-state index contributed by atoms with van der Waals surface area (Å²) < 4.78 is 13.0. The maximum atomic E-state index is 13.0. The molecule has 0 radical (unpaired) electrons. The van der Waals surface area contributed by atoms with E-state index in [1.165, 1.54) is 12.1 Å². The van der Waals surface area contributed by atoms with E-state index in [4.69, 9.17) is 0 Å². The van der Waals surface area contributed by atoms with Gasteiger partial charge in [-0.2, -0.15) is 0 Å². The van der Waals surface area contributed by atoms with Crippen molar-refractivity contribution in [2.24, 2.45) is 11.8 Å². The van der Waals surface area contributed by atoms with Crippen molar-refractivity contribution in [3.05, 3.63) is 35.6 Å². The molecule has 1 aromatic rings. The average Bonchev–Trinajstić information content (AvgIpc) is 2.13. The summed E-state index contributed by atoms with van der Waals surface area (Å²) in [5, 5.41) is 9.62. The van der Waals surface area contributed by atoms with Gasteiger partial charge in [0.2, 0.25) is 0 Å². The molecule has 0 saturated carbocycles. The molecule has 2 atom stereocenters. The van der Waals surface area contributed by atoms with E-state index in [0.29, 0.717) is 5.92 Å². The molecule has 0 amide bonds. The van der Waals surface area contributed by atoms with Gasteiger partial charge in [-0.15, -0.1) is 0 Å². The molecule has 0 aromatic heterocycles. The zero-order chi connectivity index (χ0) is 11.4. The molecule has 0 fully saturated rings. The Labute approximate surface area is 90.9 Å². The van der Waals surface area contributed by atoms with Crippen LogP contribution in [0.3, 0.4) is 0 Å². The first-order chi connectivity index (χ1) is 7.00. The van der Waals surface area contributed by atoms with Crippen LogP contribution >= 0.6 is 0 Å². The molecule has 0 aliphatic heterocycles. The summed E-state index contributed by atoms with van der Waals surface area (Å²) in [6.07, 6.45) is 0.376. The third kappa shape index (κ3) is 3.63. The second-order valence-corrected chi connectivity index (χ2v) is 4.48. The maximum absolute atomic E-state index is 13.0. The van der Waals surface area contributed by atoms with Crippen molar-refractivity contribution in [3.8, 4) is 0 Å². The largest absolute Gasteiger partial charge is 0.393 e. The number of aliphatic hydroxyl groups excluding tert-OH is 1. The number of rotatable bonds is 4. The highest BCUT2D eigenvalue weighted by Crippen LogP contribution is 2.21. The van der Waals surface area contributed by atoms with Crippen LogP contribution in [0.4, 0.5) is 4.39 Å². The molecule has 1 N–H and O–H groups in total. The highest BCUT2D eigenvalue weighted by atomic mass is 19.1. The van der Waals surface area contributed by atoms with E-state index in [1.807, 2.05) is 6.07 Å². The minimum Gasteiger partial charge on any atom is -0.393 e. The molecule has 15 heavy (non-hydrogen) atoms. The molecule has 0 saturated heterocycles. The first-order valence-electron chi connectivity index (χ1n) is 5.43. The van der Waals surface area contributed by atoms with Crippen LogP contribution < -0.4 is 0 Å². The van der Waals surface area contributed by atoms with Gasteiger partial charge in [0.1, 0.15) is 5.82 Å². The zero-order valence-corrected chi connectivity index (χ0v) is 9.57. The minimum absolute atomic E-state index is 0.187. The number of aliphatic hydroxyl groups is 1. The standard InChI is InChI=1S/C13H19FO/c1-9(2)13(10(3)15)8-11-5-4-6-12(14)7-11/h4-7,9-10,13,15H,8H2,1-3H3. The molecule has 84 valence electrons. The van der Waals surface area contributed by atoms with Gasteiger partial charge in [0, 0.05) is 0 Å². The predicted molar refractivity (Wildman–Crippen MR) is 60.1 cm³/mol. The molecule has 2 unspecified atom stereocenters. The van der Waals surface area contributed by atoms with Crippen LogP contribution in [-0.2, 0) is 6.42 Å². The fourth-order valence-corrected chi connectivity index (χ4v) is 1.90. The molecule has 0 aliphatic carbocycles. The van der Waals surface area contributed by atoms with Crippen molar-refractivity contribution in [1.29, 1.82) is 0 Å². The van der Waals surface area contributed by atoms with Gasteiger partial charge in [0.25, 0.3) is 0 Å². The van der Waals surface area contributed by atoms with Crippen LogP contribution in [0.1, 0.15) is 26.3 Å². The molecule has 2 heteroatoms. The Morgan fingerprint density at radius 1 is 1.27 bits per heavy atom. The monoisotopic (exact) mass is 210 g/mol. The van der Waals surface area contributed by atoms with Crippen molar-refractivity contribution in [2.45, 2.75) is 33.3 Å². The lowest BCUT2D eigenvalue weighted by atomic mass is 9.85.